The van der Waals surface area contributed by atoms with E-state index < -0.39 is 34.3 Å². The summed E-state index contributed by atoms with van der Waals surface area (Å²) in [5, 5.41) is 2.98. The third-order valence-corrected chi connectivity index (χ3v) is 8.14. The van der Waals surface area contributed by atoms with E-state index in [-0.39, 0.29) is 24.9 Å². The van der Waals surface area contributed by atoms with Crippen LogP contribution in [0.3, 0.4) is 0 Å². The van der Waals surface area contributed by atoms with Crippen LogP contribution in [0.15, 0.2) is 72.8 Å². The molecule has 0 heterocycles. The Morgan fingerprint density at radius 1 is 0.925 bits per heavy atom. The van der Waals surface area contributed by atoms with Gasteiger partial charge in [0.2, 0.25) is 21.8 Å². The largest absolute Gasteiger partial charge is 0.352 e. The Kier molecular flexibility index (Phi) is 10.5. The van der Waals surface area contributed by atoms with Crippen LogP contribution in [-0.2, 0) is 32.6 Å². The first-order valence-corrected chi connectivity index (χ1v) is 15.2. The molecule has 9 heteroatoms. The van der Waals surface area contributed by atoms with Gasteiger partial charge in [0.05, 0.1) is 11.9 Å². The zero-order valence-corrected chi connectivity index (χ0v) is 24.5. The number of aryl methyl sites for hydroxylation is 2. The molecule has 0 fully saturated rings. The van der Waals surface area contributed by atoms with Crippen LogP contribution in [0, 0.1) is 19.7 Å². The van der Waals surface area contributed by atoms with Gasteiger partial charge in [0.25, 0.3) is 0 Å². The Bertz CT molecular complexity index is 1410. The van der Waals surface area contributed by atoms with Crippen LogP contribution < -0.4 is 9.62 Å². The van der Waals surface area contributed by atoms with Crippen molar-refractivity contribution in [3.8, 4) is 0 Å². The van der Waals surface area contributed by atoms with Gasteiger partial charge in [-0.05, 0) is 73.7 Å². The quantitative estimate of drug-likeness (QED) is 0.342. The van der Waals surface area contributed by atoms with Crippen molar-refractivity contribution in [2.24, 2.45) is 0 Å². The van der Waals surface area contributed by atoms with E-state index in [9.17, 15) is 22.4 Å². The van der Waals surface area contributed by atoms with Crippen molar-refractivity contribution in [3.63, 3.8) is 0 Å². The number of sulfonamides is 1. The van der Waals surface area contributed by atoms with E-state index in [4.69, 9.17) is 0 Å². The van der Waals surface area contributed by atoms with Gasteiger partial charge >= 0.3 is 0 Å². The fraction of sp³-hybridized carbons (Fsp3) is 0.355. The lowest BCUT2D eigenvalue weighted by Gasteiger charge is -2.34. The Hall–Kier alpha value is -3.72. The summed E-state index contributed by atoms with van der Waals surface area (Å²) < 4.78 is 40.5. The van der Waals surface area contributed by atoms with Gasteiger partial charge in [0.15, 0.2) is 0 Å². The Morgan fingerprint density at radius 2 is 1.57 bits per heavy atom. The molecule has 0 bridgehead atoms. The number of benzene rings is 3. The van der Waals surface area contributed by atoms with Crippen molar-refractivity contribution in [1.29, 1.82) is 0 Å². The van der Waals surface area contributed by atoms with Gasteiger partial charge < -0.3 is 10.2 Å². The second-order valence-corrected chi connectivity index (χ2v) is 12.1. The van der Waals surface area contributed by atoms with Crippen molar-refractivity contribution in [2.45, 2.75) is 59.2 Å². The molecule has 0 aliphatic heterocycles. The van der Waals surface area contributed by atoms with E-state index in [1.54, 1.807) is 30.3 Å². The van der Waals surface area contributed by atoms with Gasteiger partial charge in [0.1, 0.15) is 18.4 Å². The van der Waals surface area contributed by atoms with Gasteiger partial charge in [-0.2, -0.15) is 0 Å². The number of carbonyl (C=O) groups excluding carboxylic acids is 2. The van der Waals surface area contributed by atoms with Crippen LogP contribution in [-0.4, -0.2) is 50.0 Å². The highest BCUT2D eigenvalue weighted by atomic mass is 32.2. The van der Waals surface area contributed by atoms with Gasteiger partial charge in [-0.15, -0.1) is 0 Å². The SMILES string of the molecule is CC[C@H](C)NC(=O)[C@@H](Cc1ccccc1)N(Cc1ccc(F)cc1)C(=O)CN(c1ccc(C)c(C)c1)S(C)(=O)=O. The molecule has 3 rings (SSSR count). The predicted molar refractivity (Wildman–Crippen MR) is 157 cm³/mol. The highest BCUT2D eigenvalue weighted by Crippen LogP contribution is 2.23. The number of rotatable bonds is 12. The number of hydrogen-bond acceptors (Lipinski definition) is 4. The van der Waals surface area contributed by atoms with Gasteiger partial charge in [-0.25, -0.2) is 12.8 Å². The highest BCUT2D eigenvalue weighted by Gasteiger charge is 2.33. The number of nitrogens with zero attached hydrogens (tertiary/aromatic N) is 2. The molecule has 0 saturated heterocycles. The topological polar surface area (TPSA) is 86.8 Å². The number of anilines is 1. The molecule has 0 spiro atoms. The maximum absolute atomic E-state index is 14.1. The summed E-state index contributed by atoms with van der Waals surface area (Å²) in [6, 6.07) is 19.2. The third kappa shape index (κ3) is 8.39. The average molecular weight is 568 g/mol. The number of amides is 2. The molecule has 2 atom stereocenters. The normalized spacial score (nSPS) is 12.8. The summed E-state index contributed by atoms with van der Waals surface area (Å²) in [6.07, 6.45) is 1.97. The molecule has 0 aliphatic carbocycles. The van der Waals surface area contributed by atoms with Gasteiger partial charge in [-0.1, -0.05) is 55.5 Å². The maximum Gasteiger partial charge on any atom is 0.244 e. The average Bonchev–Trinajstić information content (AvgIpc) is 2.91. The summed E-state index contributed by atoms with van der Waals surface area (Å²) in [4.78, 5) is 29.1. The van der Waals surface area contributed by atoms with Crippen LogP contribution in [0.5, 0.6) is 0 Å². The molecule has 40 heavy (non-hydrogen) atoms. The molecule has 214 valence electrons. The van der Waals surface area contributed by atoms with E-state index in [1.807, 2.05) is 58.0 Å². The highest BCUT2D eigenvalue weighted by molar-refractivity contribution is 7.92. The molecule has 2 amide bonds. The smallest absolute Gasteiger partial charge is 0.244 e. The second-order valence-electron chi connectivity index (χ2n) is 10.2. The van der Waals surface area contributed by atoms with Gasteiger partial charge in [-0.3, -0.25) is 13.9 Å². The van der Waals surface area contributed by atoms with Crippen LogP contribution in [0.4, 0.5) is 10.1 Å². The fourth-order valence-electron chi connectivity index (χ4n) is 4.28. The minimum absolute atomic E-state index is 0.00489. The first kappa shape index (κ1) is 30.8. The Labute approximate surface area is 237 Å². The zero-order chi connectivity index (χ0) is 29.4. The monoisotopic (exact) mass is 567 g/mol. The van der Waals surface area contributed by atoms with Gasteiger partial charge in [0, 0.05) is 19.0 Å². The van der Waals surface area contributed by atoms with E-state index >= 15 is 0 Å². The van der Waals surface area contributed by atoms with Crippen LogP contribution >= 0.6 is 0 Å². The van der Waals surface area contributed by atoms with Crippen LogP contribution in [0.25, 0.3) is 0 Å². The van der Waals surface area contributed by atoms with E-state index in [2.05, 4.69) is 5.32 Å². The molecule has 1 N–H and O–H groups in total. The Morgan fingerprint density at radius 3 is 2.15 bits per heavy atom. The standard InChI is InChI=1S/C31H38FN3O4S/c1-6-24(4)33-31(37)29(19-25-10-8-7-9-11-25)34(20-26-13-15-27(32)16-14-26)30(36)21-35(40(5,38)39)28-17-12-22(2)23(3)18-28/h7-18,24,29H,6,19-21H2,1-5H3,(H,33,37)/t24-,29+/m0/s1. The molecule has 3 aromatic carbocycles. The lowest BCUT2D eigenvalue weighted by atomic mass is 10.0. The van der Waals surface area contributed by atoms with E-state index in [0.29, 0.717) is 17.7 Å². The molecule has 7 nitrogen and oxygen atoms in total. The molecule has 0 unspecified atom stereocenters. The minimum atomic E-state index is -3.85. The zero-order valence-electron chi connectivity index (χ0n) is 23.7. The van der Waals surface area contributed by atoms with Crippen molar-refractivity contribution >= 4 is 27.5 Å². The molecule has 0 saturated carbocycles. The van der Waals surface area contributed by atoms with Crippen molar-refractivity contribution in [3.05, 3.63) is 101 Å². The summed E-state index contributed by atoms with van der Waals surface area (Å²) in [5.41, 5.74) is 3.70. The third-order valence-electron chi connectivity index (χ3n) is 7.00. The number of halogens is 1. The Balaban J connectivity index is 2.06. The molecule has 0 aliphatic rings. The van der Waals surface area contributed by atoms with Crippen molar-refractivity contribution < 1.29 is 22.4 Å². The fourth-order valence-corrected chi connectivity index (χ4v) is 5.12. The predicted octanol–water partition coefficient (Wildman–Crippen LogP) is 4.76. The first-order valence-electron chi connectivity index (χ1n) is 13.3. The summed E-state index contributed by atoms with van der Waals surface area (Å²) in [5.74, 6) is -1.31. The van der Waals surface area contributed by atoms with Crippen LogP contribution in [0.2, 0.25) is 0 Å². The molecule has 0 radical (unpaired) electrons. The van der Waals surface area contributed by atoms with Crippen LogP contribution in [0.1, 0.15) is 42.5 Å². The molecule has 0 aromatic heterocycles. The maximum atomic E-state index is 14.1. The number of carbonyl (C=O) groups is 2. The number of hydrogen-bond donors (Lipinski definition) is 1. The molecular formula is C31H38FN3O4S. The second kappa shape index (κ2) is 13.6. The first-order chi connectivity index (χ1) is 18.9. The lowest BCUT2D eigenvalue weighted by molar-refractivity contribution is -0.140. The van der Waals surface area contributed by atoms with Crippen molar-refractivity contribution in [2.75, 3.05) is 17.1 Å². The number of nitrogens with one attached hydrogen (secondary N) is 1. The van der Waals surface area contributed by atoms with E-state index in [1.165, 1.54) is 17.0 Å². The summed E-state index contributed by atoms with van der Waals surface area (Å²) in [7, 11) is -3.85. The van der Waals surface area contributed by atoms with E-state index in [0.717, 1.165) is 27.3 Å². The lowest BCUT2D eigenvalue weighted by Crippen LogP contribution is -2.54. The molecule has 3 aromatic rings. The molecular weight excluding hydrogens is 529 g/mol. The summed E-state index contributed by atoms with van der Waals surface area (Å²) in [6.45, 7) is 7.13. The van der Waals surface area contributed by atoms with Crippen molar-refractivity contribution in [1.82, 2.24) is 10.2 Å². The summed E-state index contributed by atoms with van der Waals surface area (Å²) >= 11 is 0. The minimum Gasteiger partial charge on any atom is -0.352 e.